The summed E-state index contributed by atoms with van der Waals surface area (Å²) in [6.45, 7) is 1.66. The summed E-state index contributed by atoms with van der Waals surface area (Å²) in [5.41, 5.74) is -0.592. The Morgan fingerprint density at radius 3 is 2.77 bits per heavy atom. The first kappa shape index (κ1) is 14.5. The molecule has 0 radical (unpaired) electrons. The molecule has 2 heterocycles. The summed E-state index contributed by atoms with van der Waals surface area (Å²) in [7, 11) is 0. The van der Waals surface area contributed by atoms with Gasteiger partial charge in [0.25, 0.3) is 5.91 Å². The minimum absolute atomic E-state index is 0.00894. The van der Waals surface area contributed by atoms with E-state index in [0.717, 1.165) is 0 Å². The van der Waals surface area contributed by atoms with Crippen molar-refractivity contribution in [2.24, 2.45) is 0 Å². The number of β-lactam (4-membered cyclic amide) rings is 1. The van der Waals surface area contributed by atoms with Crippen LogP contribution in [0.25, 0.3) is 0 Å². The van der Waals surface area contributed by atoms with E-state index >= 15 is 0 Å². The Balaban J connectivity index is 1.83. The van der Waals surface area contributed by atoms with Crippen LogP contribution in [0.1, 0.15) is 12.5 Å². The number of carbonyl (C=O) groups excluding carboxylic acids is 1. The van der Waals surface area contributed by atoms with Gasteiger partial charge in [-0.05, 0) is 37.3 Å². The van der Waals surface area contributed by atoms with Crippen LogP contribution < -0.4 is 4.74 Å². The molecule has 1 N–H and O–H groups in total. The molecule has 22 heavy (non-hydrogen) atoms. The molecule has 0 bridgehead atoms. The number of nitriles is 1. The number of hydrogen-bond donors (Lipinski definition) is 1. The fourth-order valence-electron chi connectivity index (χ4n) is 2.54. The quantitative estimate of drug-likeness (QED) is 0.851. The average Bonchev–Trinajstić information content (AvgIpc) is 2.54. The van der Waals surface area contributed by atoms with Crippen LogP contribution >= 0.6 is 11.8 Å². The van der Waals surface area contributed by atoms with Gasteiger partial charge in [0.05, 0.1) is 11.6 Å². The summed E-state index contributed by atoms with van der Waals surface area (Å²) >= 11 is 1.46. The molecular formula is C15H12N2O4S. The summed E-state index contributed by atoms with van der Waals surface area (Å²) in [6, 6.07) is 8.48. The molecular weight excluding hydrogens is 304 g/mol. The third-order valence-electron chi connectivity index (χ3n) is 3.67. The van der Waals surface area contributed by atoms with Gasteiger partial charge in [0, 0.05) is 5.75 Å². The standard InChI is InChI=1S/C15H12N2O4S/c1-15(21-10-4-2-9(8-16)3-5-10)13(20)17-11(12(18)19)6-7-22-14(15)17/h2-6,14H,7H2,1H3,(H,18,19)/t14-,15?/m0/s1. The summed E-state index contributed by atoms with van der Waals surface area (Å²) in [4.78, 5) is 24.8. The third-order valence-corrected chi connectivity index (χ3v) is 5.01. The van der Waals surface area contributed by atoms with E-state index < -0.39 is 11.6 Å². The van der Waals surface area contributed by atoms with Crippen LogP contribution in [0, 0.1) is 11.3 Å². The van der Waals surface area contributed by atoms with Crippen molar-refractivity contribution in [2.45, 2.75) is 17.9 Å². The van der Waals surface area contributed by atoms with E-state index in [-0.39, 0.29) is 17.0 Å². The molecule has 112 valence electrons. The molecule has 0 aromatic heterocycles. The van der Waals surface area contributed by atoms with E-state index in [1.54, 1.807) is 31.2 Å². The van der Waals surface area contributed by atoms with Gasteiger partial charge in [-0.15, -0.1) is 11.8 Å². The van der Waals surface area contributed by atoms with Crippen molar-refractivity contribution < 1.29 is 19.4 Å². The normalized spacial score (nSPS) is 26.4. The fourth-order valence-corrected chi connectivity index (χ4v) is 3.81. The highest BCUT2D eigenvalue weighted by molar-refractivity contribution is 8.00. The van der Waals surface area contributed by atoms with Gasteiger partial charge in [0.2, 0.25) is 5.60 Å². The van der Waals surface area contributed by atoms with Crippen molar-refractivity contribution in [3.63, 3.8) is 0 Å². The number of hydrogen-bond acceptors (Lipinski definition) is 5. The van der Waals surface area contributed by atoms with Crippen molar-refractivity contribution >= 4 is 23.6 Å². The first-order chi connectivity index (χ1) is 10.5. The summed E-state index contributed by atoms with van der Waals surface area (Å²) < 4.78 is 5.81. The lowest BCUT2D eigenvalue weighted by Gasteiger charge is -2.54. The summed E-state index contributed by atoms with van der Waals surface area (Å²) in [5, 5.41) is 17.6. The number of carbonyl (C=O) groups is 2. The van der Waals surface area contributed by atoms with Gasteiger partial charge in [-0.1, -0.05) is 0 Å². The third kappa shape index (κ3) is 2.04. The topological polar surface area (TPSA) is 90.6 Å². The molecule has 0 aliphatic carbocycles. The SMILES string of the molecule is CC1(Oc2ccc(C#N)cc2)C(=O)N2C(C(=O)O)=CCS[C@H]21. The monoisotopic (exact) mass is 316 g/mol. The number of rotatable bonds is 3. The largest absolute Gasteiger partial charge is 0.477 e. The Morgan fingerprint density at radius 1 is 1.50 bits per heavy atom. The van der Waals surface area contributed by atoms with Gasteiger partial charge in [0.1, 0.15) is 16.8 Å². The van der Waals surface area contributed by atoms with E-state index in [2.05, 4.69) is 0 Å². The number of benzene rings is 1. The molecule has 1 aromatic rings. The predicted molar refractivity (Wildman–Crippen MR) is 79.0 cm³/mol. The van der Waals surface area contributed by atoms with Crippen molar-refractivity contribution in [1.82, 2.24) is 4.90 Å². The van der Waals surface area contributed by atoms with Gasteiger partial charge in [-0.2, -0.15) is 5.26 Å². The minimum atomic E-state index is -1.11. The molecule has 1 unspecified atom stereocenters. The lowest BCUT2D eigenvalue weighted by Crippen LogP contribution is -2.74. The molecule has 3 rings (SSSR count). The van der Waals surface area contributed by atoms with E-state index in [1.165, 1.54) is 22.7 Å². The van der Waals surface area contributed by atoms with Gasteiger partial charge < -0.3 is 9.84 Å². The second kappa shape index (κ2) is 5.07. The molecule has 6 nitrogen and oxygen atoms in total. The van der Waals surface area contributed by atoms with Gasteiger partial charge in [-0.25, -0.2) is 4.79 Å². The smallest absolute Gasteiger partial charge is 0.352 e. The zero-order chi connectivity index (χ0) is 15.9. The number of fused-ring (bicyclic) bond motifs is 1. The Bertz CT molecular complexity index is 722. The highest BCUT2D eigenvalue weighted by atomic mass is 32.2. The van der Waals surface area contributed by atoms with Crippen LogP contribution in [0.5, 0.6) is 5.75 Å². The Labute approximate surface area is 131 Å². The summed E-state index contributed by atoms with van der Waals surface area (Å²) in [6.07, 6.45) is 1.53. The lowest BCUT2D eigenvalue weighted by atomic mass is 9.92. The van der Waals surface area contributed by atoms with Gasteiger partial charge in [0.15, 0.2) is 0 Å². The molecule has 7 heteroatoms. The van der Waals surface area contributed by atoms with Crippen LogP contribution in [-0.4, -0.2) is 38.6 Å². The number of ether oxygens (including phenoxy) is 1. The summed E-state index contributed by atoms with van der Waals surface area (Å²) in [5.74, 6) is -0.495. The van der Waals surface area contributed by atoms with Crippen molar-refractivity contribution in [1.29, 1.82) is 5.26 Å². The van der Waals surface area contributed by atoms with Crippen LogP contribution in [0.15, 0.2) is 36.0 Å². The molecule has 1 aromatic carbocycles. The minimum Gasteiger partial charge on any atom is -0.477 e. The maximum Gasteiger partial charge on any atom is 0.352 e. The molecule has 1 fully saturated rings. The van der Waals surface area contributed by atoms with Crippen LogP contribution in [0.2, 0.25) is 0 Å². The van der Waals surface area contributed by atoms with Crippen LogP contribution in [-0.2, 0) is 9.59 Å². The van der Waals surface area contributed by atoms with Crippen LogP contribution in [0.4, 0.5) is 0 Å². The second-order valence-corrected chi connectivity index (χ2v) is 6.21. The average molecular weight is 316 g/mol. The van der Waals surface area contributed by atoms with E-state index in [1.807, 2.05) is 6.07 Å². The van der Waals surface area contributed by atoms with Gasteiger partial charge in [-0.3, -0.25) is 9.69 Å². The molecule has 0 saturated carbocycles. The highest BCUT2D eigenvalue weighted by Gasteiger charge is 2.63. The van der Waals surface area contributed by atoms with Crippen molar-refractivity contribution in [2.75, 3.05) is 5.75 Å². The maximum atomic E-state index is 12.4. The van der Waals surface area contributed by atoms with Crippen LogP contribution in [0.3, 0.4) is 0 Å². The van der Waals surface area contributed by atoms with E-state index in [0.29, 0.717) is 17.1 Å². The van der Waals surface area contributed by atoms with E-state index in [9.17, 15) is 9.59 Å². The molecule has 0 spiro atoms. The molecule has 1 saturated heterocycles. The lowest BCUT2D eigenvalue weighted by molar-refractivity contribution is -0.170. The van der Waals surface area contributed by atoms with Crippen molar-refractivity contribution in [3.8, 4) is 11.8 Å². The van der Waals surface area contributed by atoms with Gasteiger partial charge >= 0.3 is 5.97 Å². The number of amides is 1. The molecule has 2 aliphatic heterocycles. The van der Waals surface area contributed by atoms with E-state index in [4.69, 9.17) is 15.1 Å². The number of nitrogens with zero attached hydrogens (tertiary/aromatic N) is 2. The predicted octanol–water partition coefficient (Wildman–Crippen LogP) is 1.58. The number of aliphatic carboxylic acids is 1. The number of carboxylic acid groups (broad SMARTS) is 1. The Morgan fingerprint density at radius 2 is 2.18 bits per heavy atom. The molecule has 1 amide bonds. The molecule has 2 aliphatic rings. The zero-order valence-electron chi connectivity index (χ0n) is 11.6. The zero-order valence-corrected chi connectivity index (χ0v) is 12.5. The first-order valence-electron chi connectivity index (χ1n) is 6.55. The number of carboxylic acids is 1. The second-order valence-electron chi connectivity index (χ2n) is 5.10. The maximum absolute atomic E-state index is 12.4. The number of thioether (sulfide) groups is 1. The Hall–Kier alpha value is -2.46. The molecule has 2 atom stereocenters. The first-order valence-corrected chi connectivity index (χ1v) is 7.60. The Kier molecular flexibility index (Phi) is 3.34. The van der Waals surface area contributed by atoms with Crippen molar-refractivity contribution in [3.05, 3.63) is 41.6 Å². The fraction of sp³-hybridized carbons (Fsp3) is 0.267. The highest BCUT2D eigenvalue weighted by Crippen LogP contribution is 2.46.